The molecule has 1 aromatic carbocycles. The van der Waals surface area contributed by atoms with E-state index in [0.29, 0.717) is 33.8 Å². The summed E-state index contributed by atoms with van der Waals surface area (Å²) in [4.78, 5) is 23.5. The Kier molecular flexibility index (Phi) is 4.32. The Bertz CT molecular complexity index is 1230. The number of fused-ring (bicyclic) bond motifs is 2. The molecule has 0 unspecified atom stereocenters. The van der Waals surface area contributed by atoms with Crippen LogP contribution in [0.4, 0.5) is 9.18 Å². The first-order valence-corrected chi connectivity index (χ1v) is 8.21. The first-order chi connectivity index (χ1) is 13.5. The Balaban J connectivity index is 1.71. The maximum absolute atomic E-state index is 14.5. The van der Waals surface area contributed by atoms with Gasteiger partial charge in [0.05, 0.1) is 24.0 Å². The maximum Gasteiger partial charge on any atom is 0.332 e. The Morgan fingerprint density at radius 1 is 1.36 bits per heavy atom. The average Bonchev–Trinajstić information content (AvgIpc) is 3.08. The molecule has 3 heterocycles. The molecular formula is C17H14FN9O. The third-order valence-electron chi connectivity index (χ3n) is 4.02. The molecule has 0 aliphatic rings. The van der Waals surface area contributed by atoms with Gasteiger partial charge in [-0.2, -0.15) is 5.10 Å². The monoisotopic (exact) mass is 379 g/mol. The van der Waals surface area contributed by atoms with Crippen molar-refractivity contribution in [1.82, 2.24) is 35.4 Å². The molecule has 0 fully saturated rings. The Labute approximate surface area is 157 Å². The summed E-state index contributed by atoms with van der Waals surface area (Å²) < 4.78 is 15.9. The van der Waals surface area contributed by atoms with E-state index in [-0.39, 0.29) is 6.54 Å². The van der Waals surface area contributed by atoms with Crippen LogP contribution in [-0.4, -0.2) is 41.7 Å². The smallest absolute Gasteiger partial charge is 0.332 e. The largest absolute Gasteiger partial charge is 0.350 e. The fraction of sp³-hybridized carbons (Fsp3) is 0.118. The molecule has 28 heavy (non-hydrogen) atoms. The summed E-state index contributed by atoms with van der Waals surface area (Å²) in [5, 5.41) is 12.6. The van der Waals surface area contributed by atoms with Gasteiger partial charge in [-0.15, -0.1) is 5.10 Å². The minimum Gasteiger partial charge on any atom is -0.350 e. The number of amides is 2. The van der Waals surface area contributed by atoms with Gasteiger partial charge in [-0.05, 0) is 19.1 Å². The van der Waals surface area contributed by atoms with Gasteiger partial charge in [0.2, 0.25) is 5.65 Å². The molecule has 0 spiro atoms. The Morgan fingerprint density at radius 2 is 2.21 bits per heavy atom. The van der Waals surface area contributed by atoms with E-state index in [0.717, 1.165) is 5.39 Å². The van der Waals surface area contributed by atoms with E-state index in [1.165, 1.54) is 16.9 Å². The lowest BCUT2D eigenvalue weighted by atomic mass is 10.1. The molecule has 3 aromatic heterocycles. The van der Waals surface area contributed by atoms with E-state index >= 15 is 0 Å². The number of carbonyl (C=O) groups excluding carboxylic acids is 1. The molecule has 0 saturated heterocycles. The molecule has 0 radical (unpaired) electrons. The van der Waals surface area contributed by atoms with E-state index in [4.69, 9.17) is 5.73 Å². The Hall–Kier alpha value is -4.02. The highest BCUT2D eigenvalue weighted by atomic mass is 19.1. The lowest BCUT2D eigenvalue weighted by Gasteiger charge is -2.06. The quantitative estimate of drug-likeness (QED) is 0.406. The number of hydrogen-bond donors (Lipinski definition) is 2. The van der Waals surface area contributed by atoms with Gasteiger partial charge in [-0.1, -0.05) is 11.3 Å². The van der Waals surface area contributed by atoms with Crippen LogP contribution in [0, 0.1) is 5.82 Å². The van der Waals surface area contributed by atoms with Gasteiger partial charge >= 0.3 is 6.03 Å². The van der Waals surface area contributed by atoms with Crippen molar-refractivity contribution in [2.24, 2.45) is 10.8 Å². The topological polar surface area (TPSA) is 137 Å². The summed E-state index contributed by atoms with van der Waals surface area (Å²) >= 11 is 0. The fourth-order valence-corrected chi connectivity index (χ4v) is 2.66. The van der Waals surface area contributed by atoms with Crippen LogP contribution in [0.3, 0.4) is 0 Å². The molecule has 3 N–H and O–H groups in total. The number of nitrogens with zero attached hydrogens (tertiary/aromatic N) is 7. The van der Waals surface area contributed by atoms with Crippen molar-refractivity contribution in [2.75, 3.05) is 0 Å². The number of rotatable bonds is 4. The lowest BCUT2D eigenvalue weighted by molar-refractivity contribution is 0.249. The molecule has 4 aromatic rings. The van der Waals surface area contributed by atoms with Gasteiger partial charge < -0.3 is 5.73 Å². The number of nitrogens with two attached hydrogens (primary N) is 1. The van der Waals surface area contributed by atoms with E-state index in [1.54, 1.807) is 25.3 Å². The molecular weight excluding hydrogens is 365 g/mol. The van der Waals surface area contributed by atoms with Crippen molar-refractivity contribution < 1.29 is 9.18 Å². The van der Waals surface area contributed by atoms with Gasteiger partial charge in [-0.3, -0.25) is 4.98 Å². The summed E-state index contributed by atoms with van der Waals surface area (Å²) in [6.07, 6.45) is 3.06. The number of nitrogens with one attached hydrogen (secondary N) is 1. The third kappa shape index (κ3) is 3.32. The number of carbonyl (C=O) groups is 1. The molecule has 0 aliphatic heterocycles. The summed E-state index contributed by atoms with van der Waals surface area (Å²) in [6.45, 7) is 1.75. The first-order valence-electron chi connectivity index (χ1n) is 8.21. The molecule has 140 valence electrons. The van der Waals surface area contributed by atoms with Crippen LogP contribution in [-0.2, 0) is 6.54 Å². The average molecular weight is 379 g/mol. The van der Waals surface area contributed by atoms with Gasteiger partial charge in [0.1, 0.15) is 11.5 Å². The van der Waals surface area contributed by atoms with Crippen molar-refractivity contribution >= 4 is 33.9 Å². The maximum atomic E-state index is 14.5. The summed E-state index contributed by atoms with van der Waals surface area (Å²) in [5.41, 5.74) is 9.57. The van der Waals surface area contributed by atoms with E-state index in [2.05, 4.69) is 35.8 Å². The van der Waals surface area contributed by atoms with Crippen molar-refractivity contribution in [1.29, 1.82) is 0 Å². The van der Waals surface area contributed by atoms with Crippen LogP contribution in [0.25, 0.3) is 22.2 Å². The second kappa shape index (κ2) is 6.95. The van der Waals surface area contributed by atoms with Crippen molar-refractivity contribution in [3.8, 4) is 0 Å². The van der Waals surface area contributed by atoms with Gasteiger partial charge in [-0.25, -0.2) is 29.3 Å². The zero-order valence-electron chi connectivity index (χ0n) is 14.7. The molecule has 4 rings (SSSR count). The predicted octanol–water partition coefficient (Wildman–Crippen LogP) is 1.35. The van der Waals surface area contributed by atoms with Crippen LogP contribution in [0.15, 0.2) is 41.8 Å². The summed E-state index contributed by atoms with van der Waals surface area (Å²) in [7, 11) is 0. The van der Waals surface area contributed by atoms with Crippen molar-refractivity contribution in [3.05, 3.63) is 53.7 Å². The Morgan fingerprint density at radius 3 is 3.04 bits per heavy atom. The van der Waals surface area contributed by atoms with Gasteiger partial charge in [0.25, 0.3) is 0 Å². The van der Waals surface area contributed by atoms with Crippen LogP contribution in [0.5, 0.6) is 0 Å². The number of hydrogen-bond acceptors (Lipinski definition) is 7. The molecule has 2 amide bonds. The number of benzene rings is 1. The predicted molar refractivity (Wildman–Crippen MR) is 98.9 cm³/mol. The standard InChI is InChI=1S/C17H14FN9O/c1-9(23-25-17(19)28)14-7-21-15-16(22-14)27(26-24-15)8-11-5-10-3-2-4-20-13(10)6-12(11)18/h2-7H,8H2,1H3,(H3,19,25,28)/b23-9+. The summed E-state index contributed by atoms with van der Waals surface area (Å²) in [5.74, 6) is -0.401. The molecule has 0 aliphatic carbocycles. The molecule has 0 bridgehead atoms. The van der Waals surface area contributed by atoms with E-state index in [9.17, 15) is 9.18 Å². The zero-order valence-corrected chi connectivity index (χ0v) is 14.7. The number of aromatic nitrogens is 6. The second-order valence-corrected chi connectivity index (χ2v) is 5.96. The number of urea groups is 1. The molecule has 0 saturated carbocycles. The number of hydrazone groups is 1. The van der Waals surface area contributed by atoms with E-state index < -0.39 is 11.8 Å². The van der Waals surface area contributed by atoms with Crippen LogP contribution < -0.4 is 11.2 Å². The highest BCUT2D eigenvalue weighted by Crippen LogP contribution is 2.19. The first kappa shape index (κ1) is 17.4. The van der Waals surface area contributed by atoms with Crippen LogP contribution in [0.2, 0.25) is 0 Å². The lowest BCUT2D eigenvalue weighted by Crippen LogP contribution is -2.25. The van der Waals surface area contributed by atoms with Gasteiger partial charge in [0.15, 0.2) is 5.65 Å². The van der Waals surface area contributed by atoms with Gasteiger partial charge in [0, 0.05) is 23.2 Å². The SMILES string of the molecule is C/C(=N\NC(N)=O)c1cnc2nnn(Cc3cc4cccnc4cc3F)c2n1. The molecule has 0 atom stereocenters. The highest BCUT2D eigenvalue weighted by molar-refractivity contribution is 5.98. The molecule has 11 heteroatoms. The fourth-order valence-electron chi connectivity index (χ4n) is 2.66. The summed E-state index contributed by atoms with van der Waals surface area (Å²) in [6, 6.07) is 5.95. The second-order valence-electron chi connectivity index (χ2n) is 5.96. The van der Waals surface area contributed by atoms with Crippen LogP contribution >= 0.6 is 0 Å². The third-order valence-corrected chi connectivity index (χ3v) is 4.02. The minimum atomic E-state index is -0.790. The van der Waals surface area contributed by atoms with Crippen molar-refractivity contribution in [2.45, 2.75) is 13.5 Å². The number of halogens is 1. The molecule has 10 nitrogen and oxygen atoms in total. The zero-order chi connectivity index (χ0) is 19.7. The van der Waals surface area contributed by atoms with E-state index in [1.807, 2.05) is 6.07 Å². The van der Waals surface area contributed by atoms with Crippen molar-refractivity contribution in [3.63, 3.8) is 0 Å². The number of primary amides is 1. The minimum absolute atomic E-state index is 0.112. The number of pyridine rings is 1. The normalized spacial score (nSPS) is 11.9. The highest BCUT2D eigenvalue weighted by Gasteiger charge is 2.13. The van der Waals surface area contributed by atoms with Crippen LogP contribution in [0.1, 0.15) is 18.2 Å².